The number of benzene rings is 2. The molecule has 36 heavy (non-hydrogen) atoms. The summed E-state index contributed by atoms with van der Waals surface area (Å²) in [5.74, 6) is 0.321. The number of hydrogen-bond donors (Lipinski definition) is 3. The fraction of sp³-hybridized carbons (Fsp3) is 0.500. The van der Waals surface area contributed by atoms with Gasteiger partial charge in [0.05, 0.1) is 18.2 Å². The zero-order valence-electron chi connectivity index (χ0n) is 21.1. The fourth-order valence-electron chi connectivity index (χ4n) is 4.52. The summed E-state index contributed by atoms with van der Waals surface area (Å²) < 4.78 is 69.1. The first-order valence-corrected chi connectivity index (χ1v) is 14.7. The molecule has 2 aromatic carbocycles. The molecule has 3 rings (SSSR count). The van der Waals surface area contributed by atoms with E-state index in [2.05, 4.69) is 9.44 Å². The smallest absolute Gasteiger partial charge is 0.334 e. The summed E-state index contributed by atoms with van der Waals surface area (Å²) in [4.78, 5) is 4.02. The summed E-state index contributed by atoms with van der Waals surface area (Å²) in [5.41, 5.74) is 1.80. The minimum atomic E-state index is -4.47. The third-order valence-corrected chi connectivity index (χ3v) is 8.34. The number of piperidine rings is 1. The summed E-state index contributed by atoms with van der Waals surface area (Å²) in [6, 6.07) is 14.1. The highest BCUT2D eigenvalue weighted by molar-refractivity contribution is 7.89. The molecule has 2 aromatic rings. The van der Waals surface area contributed by atoms with Crippen molar-refractivity contribution in [2.24, 2.45) is 5.92 Å². The zero-order valence-corrected chi connectivity index (χ0v) is 22.7. The van der Waals surface area contributed by atoms with E-state index in [4.69, 9.17) is 4.74 Å². The van der Waals surface area contributed by atoms with Crippen LogP contribution in [0.5, 0.6) is 5.75 Å². The summed E-state index contributed by atoms with van der Waals surface area (Å²) in [5, 5.41) is 0. The molecule has 0 spiro atoms. The summed E-state index contributed by atoms with van der Waals surface area (Å²) >= 11 is 0. The Morgan fingerprint density at radius 1 is 1.14 bits per heavy atom. The van der Waals surface area contributed by atoms with Crippen molar-refractivity contribution in [1.29, 1.82) is 0 Å². The molecule has 200 valence electrons. The average molecular weight is 541 g/mol. The lowest BCUT2D eigenvalue weighted by molar-refractivity contribution is 0.0995. The van der Waals surface area contributed by atoms with Crippen LogP contribution in [0, 0.1) is 5.92 Å². The maximum atomic E-state index is 12.8. The molecule has 0 aliphatic carbocycles. The molecule has 10 nitrogen and oxygen atoms in total. The molecule has 1 heterocycles. The van der Waals surface area contributed by atoms with E-state index in [1.807, 2.05) is 55.1 Å². The van der Waals surface area contributed by atoms with Crippen LogP contribution in [0.15, 0.2) is 53.4 Å². The van der Waals surface area contributed by atoms with E-state index in [0.717, 1.165) is 24.1 Å². The molecular weight excluding hydrogens is 504 g/mol. The minimum absolute atomic E-state index is 0.129. The van der Waals surface area contributed by atoms with Crippen molar-refractivity contribution in [2.75, 3.05) is 45.7 Å². The monoisotopic (exact) mass is 540 g/mol. The third kappa shape index (κ3) is 7.64. The number of ether oxygens (including phenoxy) is 1. The van der Waals surface area contributed by atoms with Gasteiger partial charge in [-0.2, -0.15) is 13.1 Å². The van der Waals surface area contributed by atoms with E-state index in [1.165, 1.54) is 0 Å². The first-order valence-electron chi connectivity index (χ1n) is 11.8. The van der Waals surface area contributed by atoms with Gasteiger partial charge in [-0.15, -0.1) is 0 Å². The number of hydrogen-bond acceptors (Lipinski definition) is 7. The Hall–Kier alpha value is -2.22. The molecular formula is C24H36N4O6S2. The molecule has 0 aromatic heterocycles. The van der Waals surface area contributed by atoms with Crippen LogP contribution in [0.25, 0.3) is 0 Å². The molecule has 1 saturated heterocycles. The highest BCUT2D eigenvalue weighted by Crippen LogP contribution is 2.33. The van der Waals surface area contributed by atoms with Crippen LogP contribution in [0.1, 0.15) is 31.2 Å². The Balaban J connectivity index is 1.71. The molecule has 0 radical (unpaired) electrons. The number of rotatable bonds is 11. The van der Waals surface area contributed by atoms with Crippen molar-refractivity contribution < 1.29 is 26.1 Å². The van der Waals surface area contributed by atoms with E-state index in [0.29, 0.717) is 18.8 Å². The lowest BCUT2D eigenvalue weighted by Gasteiger charge is -2.42. The number of nitrogens with zero attached hydrogens (tertiary/aromatic N) is 2. The predicted octanol–water partition coefficient (Wildman–Crippen LogP) is 2.27. The number of likely N-dealkylation sites (tertiary alicyclic amines) is 1. The van der Waals surface area contributed by atoms with E-state index >= 15 is 0 Å². The normalized spacial score (nSPS) is 20.1. The molecule has 1 aliphatic rings. The maximum absolute atomic E-state index is 12.8. The third-order valence-electron chi connectivity index (χ3n) is 6.36. The molecule has 0 saturated carbocycles. The molecule has 1 aliphatic heterocycles. The largest absolute Gasteiger partial charge is 0.497 e. The minimum Gasteiger partial charge on any atom is -0.497 e. The molecule has 12 heteroatoms. The molecule has 3 N–H and O–H groups in total. The van der Waals surface area contributed by atoms with E-state index in [-0.39, 0.29) is 23.3 Å². The second-order valence-electron chi connectivity index (χ2n) is 9.40. The topological polar surface area (TPSA) is 128 Å². The summed E-state index contributed by atoms with van der Waals surface area (Å²) in [7, 11) is -2.83. The van der Waals surface area contributed by atoms with Crippen molar-refractivity contribution in [3.63, 3.8) is 0 Å². The lowest BCUT2D eigenvalue weighted by Crippen LogP contribution is -2.55. The van der Waals surface area contributed by atoms with Crippen LogP contribution in [-0.2, 0) is 20.3 Å². The molecule has 3 atom stereocenters. The molecule has 1 fully saturated rings. The van der Waals surface area contributed by atoms with Gasteiger partial charge in [-0.3, -0.25) is 9.45 Å². The van der Waals surface area contributed by atoms with Gasteiger partial charge in [0, 0.05) is 38.8 Å². The van der Waals surface area contributed by atoms with Crippen molar-refractivity contribution in [2.45, 2.75) is 36.7 Å². The van der Waals surface area contributed by atoms with Crippen molar-refractivity contribution in [1.82, 2.24) is 14.3 Å². The highest BCUT2D eigenvalue weighted by Gasteiger charge is 2.35. The van der Waals surface area contributed by atoms with Gasteiger partial charge in [0.1, 0.15) is 5.75 Å². The van der Waals surface area contributed by atoms with Crippen LogP contribution in [-0.4, -0.2) is 73.3 Å². The van der Waals surface area contributed by atoms with Gasteiger partial charge >= 0.3 is 10.3 Å². The summed E-state index contributed by atoms with van der Waals surface area (Å²) in [6.07, 6.45) is 0.863. The van der Waals surface area contributed by atoms with Gasteiger partial charge in [0.2, 0.25) is 10.0 Å². The quantitative estimate of drug-likeness (QED) is 0.371. The first kappa shape index (κ1) is 28.4. The van der Waals surface area contributed by atoms with Crippen molar-refractivity contribution >= 4 is 26.0 Å². The molecule has 0 bridgehead atoms. The molecule has 0 amide bonds. The number of anilines is 1. The van der Waals surface area contributed by atoms with Gasteiger partial charge in [-0.05, 0) is 67.3 Å². The van der Waals surface area contributed by atoms with Gasteiger partial charge < -0.3 is 9.64 Å². The van der Waals surface area contributed by atoms with Crippen LogP contribution in [0.4, 0.5) is 5.69 Å². The van der Waals surface area contributed by atoms with E-state index in [1.54, 1.807) is 31.4 Å². The Morgan fingerprint density at radius 2 is 1.83 bits per heavy atom. The van der Waals surface area contributed by atoms with Crippen LogP contribution >= 0.6 is 0 Å². The second kappa shape index (κ2) is 11.9. The first-order chi connectivity index (χ1) is 16.9. The fourth-order valence-corrected chi connectivity index (χ4v) is 6.31. The average Bonchev–Trinajstić information content (AvgIpc) is 2.83. The number of nitrogens with one attached hydrogen (secondary N) is 2. The van der Waals surface area contributed by atoms with Crippen LogP contribution in [0.2, 0.25) is 0 Å². The number of sulfonamides is 1. The van der Waals surface area contributed by atoms with Crippen molar-refractivity contribution in [3.8, 4) is 5.75 Å². The van der Waals surface area contributed by atoms with Crippen LogP contribution < -0.4 is 19.1 Å². The van der Waals surface area contributed by atoms with Gasteiger partial charge in [0.25, 0.3) is 0 Å². The Kier molecular flexibility index (Phi) is 9.36. The SMILES string of the molecule is COc1cccc([C@@H]2CCCN(C[C@H](C)CNS(=O)(=O)c3ccc(N(C)C)cc3)C2NS(=O)(=O)O)c1. The summed E-state index contributed by atoms with van der Waals surface area (Å²) in [6.45, 7) is 3.11. The number of methoxy groups -OCH3 is 1. The Morgan fingerprint density at radius 3 is 2.44 bits per heavy atom. The van der Waals surface area contributed by atoms with E-state index in [9.17, 15) is 21.4 Å². The van der Waals surface area contributed by atoms with Crippen molar-refractivity contribution in [3.05, 3.63) is 54.1 Å². The van der Waals surface area contributed by atoms with Gasteiger partial charge in [-0.1, -0.05) is 19.1 Å². The predicted molar refractivity (Wildman–Crippen MR) is 140 cm³/mol. The standard InChI is InChI=1S/C24H36N4O6S2/c1-18(16-25-35(29,30)22-12-10-20(11-13-22)27(2)3)17-28-14-6-9-23(24(28)26-36(31,32)33)19-7-5-8-21(15-19)34-4/h5,7-8,10-13,15,18,23-26H,6,9,14,16-17H2,1-4H3,(H,31,32,33)/t18-,23+,24?/m1/s1. The van der Waals surface area contributed by atoms with Gasteiger partial charge in [0.15, 0.2) is 0 Å². The maximum Gasteiger partial charge on any atom is 0.334 e. The Bertz CT molecular complexity index is 1220. The zero-order chi connectivity index (χ0) is 26.5. The second-order valence-corrected chi connectivity index (χ2v) is 12.4. The Labute approximate surface area is 214 Å². The molecule has 1 unspecified atom stereocenters. The van der Waals surface area contributed by atoms with E-state index < -0.39 is 26.5 Å². The highest BCUT2D eigenvalue weighted by atomic mass is 32.2. The lowest BCUT2D eigenvalue weighted by atomic mass is 9.87. The van der Waals surface area contributed by atoms with Gasteiger partial charge in [-0.25, -0.2) is 13.1 Å². The van der Waals surface area contributed by atoms with Crippen LogP contribution in [0.3, 0.4) is 0 Å².